The molecule has 0 bridgehead atoms. The smallest absolute Gasteiger partial charge is 0.251 e. The molecule has 1 saturated carbocycles. The zero-order valence-electron chi connectivity index (χ0n) is 18.3. The van der Waals surface area contributed by atoms with E-state index in [0.717, 1.165) is 35.3 Å². The number of dihydropyridines is 1. The van der Waals surface area contributed by atoms with Gasteiger partial charge in [0.2, 0.25) is 0 Å². The third-order valence-electron chi connectivity index (χ3n) is 6.18. The predicted octanol–water partition coefficient (Wildman–Crippen LogP) is 4.27. The van der Waals surface area contributed by atoms with Gasteiger partial charge in [0, 0.05) is 22.9 Å². The monoisotopic (exact) mass is 441 g/mol. The number of carbonyl (C=O) groups excluding carboxylic acids is 2. The van der Waals surface area contributed by atoms with Gasteiger partial charge >= 0.3 is 0 Å². The third-order valence-corrected chi connectivity index (χ3v) is 6.18. The maximum atomic E-state index is 12.7. The molecule has 2 aromatic carbocycles. The van der Waals surface area contributed by atoms with Gasteiger partial charge < -0.3 is 20.9 Å². The standard InChI is InChI=1S/C26H27N5O2/c32-25(28-19-6-2-1-3-7-19)18-11-14-21-23(16-18)31-24(30-21)17-9-12-20(13-10-17)29-26(33)22-8-4-5-15-27-22/h4-5,8-16,19,22,27H,1-3,6-7H2,(H,28,32)(H,29,33)(H,30,31). The Labute approximate surface area is 192 Å². The second-order valence-corrected chi connectivity index (χ2v) is 8.58. The van der Waals surface area contributed by atoms with Crippen LogP contribution < -0.4 is 16.0 Å². The Bertz CT molecular complexity index is 1220. The van der Waals surface area contributed by atoms with Crippen molar-refractivity contribution >= 4 is 28.5 Å². The number of aromatic nitrogens is 2. The average molecular weight is 442 g/mol. The first-order valence-electron chi connectivity index (χ1n) is 11.5. The van der Waals surface area contributed by atoms with Gasteiger partial charge in [-0.3, -0.25) is 9.59 Å². The SMILES string of the molecule is O=C(NC1CCCCC1)c1ccc2nc(-c3ccc(NC(=O)C4C=CC=CN4)cc3)[nH]c2c1. The lowest BCUT2D eigenvalue weighted by Crippen LogP contribution is -2.37. The van der Waals surface area contributed by atoms with Crippen LogP contribution in [0.5, 0.6) is 0 Å². The van der Waals surface area contributed by atoms with Gasteiger partial charge in [0.15, 0.2) is 0 Å². The molecule has 0 spiro atoms. The first kappa shape index (κ1) is 21.0. The van der Waals surface area contributed by atoms with Gasteiger partial charge in [0.05, 0.1) is 11.0 Å². The zero-order chi connectivity index (χ0) is 22.6. The summed E-state index contributed by atoms with van der Waals surface area (Å²) in [5, 5.41) is 9.08. The first-order chi connectivity index (χ1) is 16.2. The molecule has 168 valence electrons. The molecule has 2 aliphatic rings. The predicted molar refractivity (Wildman–Crippen MR) is 130 cm³/mol. The van der Waals surface area contributed by atoms with Crippen molar-refractivity contribution in [1.82, 2.24) is 20.6 Å². The molecule has 33 heavy (non-hydrogen) atoms. The number of hydrogen-bond acceptors (Lipinski definition) is 4. The molecule has 1 unspecified atom stereocenters. The minimum absolute atomic E-state index is 0.0298. The summed E-state index contributed by atoms with van der Waals surface area (Å²) >= 11 is 0. The van der Waals surface area contributed by atoms with Crippen molar-refractivity contribution in [1.29, 1.82) is 0 Å². The molecular weight excluding hydrogens is 414 g/mol. The second-order valence-electron chi connectivity index (χ2n) is 8.58. The normalized spacial score (nSPS) is 18.1. The summed E-state index contributed by atoms with van der Waals surface area (Å²) in [5.41, 5.74) is 3.88. The second kappa shape index (κ2) is 9.32. The summed E-state index contributed by atoms with van der Waals surface area (Å²) in [5.74, 6) is 0.568. The van der Waals surface area contributed by atoms with Gasteiger partial charge in [-0.05, 0) is 67.6 Å². The molecule has 7 nitrogen and oxygen atoms in total. The molecular formula is C26H27N5O2. The van der Waals surface area contributed by atoms with Crippen LogP contribution in [0.25, 0.3) is 22.4 Å². The van der Waals surface area contributed by atoms with Crippen molar-refractivity contribution in [2.75, 3.05) is 5.32 Å². The van der Waals surface area contributed by atoms with E-state index in [0.29, 0.717) is 11.3 Å². The molecule has 1 atom stereocenters. The van der Waals surface area contributed by atoms with E-state index >= 15 is 0 Å². The molecule has 5 rings (SSSR count). The maximum absolute atomic E-state index is 12.7. The fourth-order valence-corrected chi connectivity index (χ4v) is 4.34. The van der Waals surface area contributed by atoms with Gasteiger partial charge in [-0.2, -0.15) is 0 Å². The molecule has 1 aliphatic carbocycles. The molecule has 1 aliphatic heterocycles. The van der Waals surface area contributed by atoms with E-state index in [-0.39, 0.29) is 23.9 Å². The van der Waals surface area contributed by atoms with Crippen LogP contribution in [0.15, 0.2) is 66.9 Å². The topological polar surface area (TPSA) is 98.9 Å². The summed E-state index contributed by atoms with van der Waals surface area (Å²) in [6.45, 7) is 0. The van der Waals surface area contributed by atoms with Gasteiger partial charge in [0.1, 0.15) is 11.9 Å². The van der Waals surface area contributed by atoms with Crippen LogP contribution in [0, 0.1) is 0 Å². The van der Waals surface area contributed by atoms with E-state index in [9.17, 15) is 9.59 Å². The number of amides is 2. The number of imidazole rings is 1. The number of benzene rings is 2. The van der Waals surface area contributed by atoms with Crippen LogP contribution in [-0.2, 0) is 4.79 Å². The van der Waals surface area contributed by atoms with Crippen LogP contribution >= 0.6 is 0 Å². The van der Waals surface area contributed by atoms with E-state index in [1.807, 2.05) is 60.7 Å². The number of nitrogens with one attached hydrogen (secondary N) is 4. The van der Waals surface area contributed by atoms with Crippen molar-refractivity contribution < 1.29 is 9.59 Å². The number of nitrogens with zero attached hydrogens (tertiary/aromatic N) is 1. The Balaban J connectivity index is 1.27. The number of anilines is 1. The Morgan fingerprint density at radius 3 is 2.55 bits per heavy atom. The molecule has 2 amide bonds. The van der Waals surface area contributed by atoms with Crippen LogP contribution in [0.1, 0.15) is 42.5 Å². The van der Waals surface area contributed by atoms with Gasteiger partial charge in [0.25, 0.3) is 11.8 Å². The molecule has 1 fully saturated rings. The molecule has 4 N–H and O–H groups in total. The lowest BCUT2D eigenvalue weighted by molar-refractivity contribution is -0.116. The Morgan fingerprint density at radius 2 is 1.79 bits per heavy atom. The number of rotatable bonds is 5. The lowest BCUT2D eigenvalue weighted by Gasteiger charge is -2.22. The third kappa shape index (κ3) is 4.82. The van der Waals surface area contributed by atoms with Crippen molar-refractivity contribution in [3.63, 3.8) is 0 Å². The fourth-order valence-electron chi connectivity index (χ4n) is 4.34. The largest absolute Gasteiger partial charge is 0.377 e. The Morgan fingerprint density at radius 1 is 0.970 bits per heavy atom. The summed E-state index contributed by atoms with van der Waals surface area (Å²) in [6.07, 6.45) is 13.0. The van der Waals surface area contributed by atoms with E-state index in [1.165, 1.54) is 19.3 Å². The molecule has 1 aromatic heterocycles. The van der Waals surface area contributed by atoms with Crippen LogP contribution in [0.3, 0.4) is 0 Å². The number of fused-ring (bicyclic) bond motifs is 1. The molecule has 0 saturated heterocycles. The molecule has 7 heteroatoms. The quantitative estimate of drug-likeness (QED) is 0.475. The first-order valence-corrected chi connectivity index (χ1v) is 11.5. The van der Waals surface area contributed by atoms with Crippen molar-refractivity contribution in [3.8, 4) is 11.4 Å². The summed E-state index contributed by atoms with van der Waals surface area (Å²) in [7, 11) is 0. The van der Waals surface area contributed by atoms with Crippen molar-refractivity contribution in [3.05, 3.63) is 72.5 Å². The molecule has 3 aromatic rings. The Hall–Kier alpha value is -3.87. The van der Waals surface area contributed by atoms with E-state index < -0.39 is 0 Å². The highest BCUT2D eigenvalue weighted by Crippen LogP contribution is 2.24. The van der Waals surface area contributed by atoms with Crippen molar-refractivity contribution in [2.24, 2.45) is 0 Å². The molecule has 0 radical (unpaired) electrons. The van der Waals surface area contributed by atoms with Crippen LogP contribution in [0.4, 0.5) is 5.69 Å². The Kier molecular flexibility index (Phi) is 5.93. The number of aromatic amines is 1. The minimum Gasteiger partial charge on any atom is -0.377 e. The number of allylic oxidation sites excluding steroid dienone is 2. The summed E-state index contributed by atoms with van der Waals surface area (Å²) in [6, 6.07) is 13.0. The zero-order valence-corrected chi connectivity index (χ0v) is 18.3. The van der Waals surface area contributed by atoms with Gasteiger partial charge in [-0.1, -0.05) is 31.4 Å². The summed E-state index contributed by atoms with van der Waals surface area (Å²) in [4.78, 5) is 33.0. The van der Waals surface area contributed by atoms with E-state index in [1.54, 1.807) is 6.20 Å². The highest BCUT2D eigenvalue weighted by Gasteiger charge is 2.18. The lowest BCUT2D eigenvalue weighted by atomic mass is 9.95. The van der Waals surface area contributed by atoms with Crippen LogP contribution in [-0.4, -0.2) is 33.9 Å². The highest BCUT2D eigenvalue weighted by molar-refractivity contribution is 5.98. The van der Waals surface area contributed by atoms with E-state index in [2.05, 4.69) is 25.9 Å². The maximum Gasteiger partial charge on any atom is 0.251 e. The molecule has 2 heterocycles. The highest BCUT2D eigenvalue weighted by atomic mass is 16.2. The van der Waals surface area contributed by atoms with Crippen LogP contribution in [0.2, 0.25) is 0 Å². The average Bonchev–Trinajstić information content (AvgIpc) is 3.29. The number of hydrogen-bond donors (Lipinski definition) is 4. The fraction of sp³-hybridized carbons (Fsp3) is 0.269. The van der Waals surface area contributed by atoms with Gasteiger partial charge in [-0.15, -0.1) is 0 Å². The number of H-pyrrole nitrogens is 1. The summed E-state index contributed by atoms with van der Waals surface area (Å²) < 4.78 is 0. The number of carbonyl (C=O) groups is 2. The minimum atomic E-state index is -0.380. The van der Waals surface area contributed by atoms with Crippen molar-refractivity contribution in [2.45, 2.75) is 44.2 Å². The van der Waals surface area contributed by atoms with Gasteiger partial charge in [-0.25, -0.2) is 4.98 Å². The van der Waals surface area contributed by atoms with E-state index in [4.69, 9.17) is 0 Å².